The van der Waals surface area contributed by atoms with Crippen molar-refractivity contribution >= 4 is 23.4 Å². The van der Waals surface area contributed by atoms with Gasteiger partial charge in [0, 0.05) is 30.4 Å². The van der Waals surface area contributed by atoms with Crippen molar-refractivity contribution in [2.45, 2.75) is 24.9 Å². The first kappa shape index (κ1) is 18.4. The second-order valence-electron chi connectivity index (χ2n) is 6.25. The van der Waals surface area contributed by atoms with E-state index >= 15 is 0 Å². The Hall–Kier alpha value is -2.38. The molecule has 0 saturated carbocycles. The molecule has 2 amide bonds. The number of nitrogens with one attached hydrogen (secondary N) is 2. The van der Waals surface area contributed by atoms with Crippen LogP contribution in [0, 0.1) is 0 Å². The van der Waals surface area contributed by atoms with Crippen LogP contribution in [-0.2, 0) is 0 Å². The van der Waals surface area contributed by atoms with E-state index in [-0.39, 0.29) is 18.7 Å². The molecule has 3 N–H and O–H groups in total. The van der Waals surface area contributed by atoms with E-state index in [9.17, 15) is 9.90 Å². The lowest BCUT2D eigenvalue weighted by Gasteiger charge is -2.33. The number of aliphatic hydroxyl groups excluding tert-OH is 1. The lowest BCUT2D eigenvalue weighted by molar-refractivity contribution is 0.212. The summed E-state index contributed by atoms with van der Waals surface area (Å²) in [4.78, 5) is 14.4. The number of benzene rings is 1. The minimum absolute atomic E-state index is 0.0903. The SMILES string of the molecule is O=C(NC1CCN(c2cccnn2)CC1)NC(CO)c1ccc(Cl)cc1. The van der Waals surface area contributed by atoms with Gasteiger partial charge in [0.25, 0.3) is 0 Å². The molecule has 1 unspecified atom stereocenters. The summed E-state index contributed by atoms with van der Waals surface area (Å²) in [7, 11) is 0. The van der Waals surface area contributed by atoms with E-state index in [4.69, 9.17) is 11.6 Å². The highest BCUT2D eigenvalue weighted by atomic mass is 35.5. The van der Waals surface area contributed by atoms with Crippen molar-refractivity contribution in [2.75, 3.05) is 24.6 Å². The Kier molecular flexibility index (Phi) is 6.25. The molecular formula is C18H22ClN5O2. The van der Waals surface area contributed by atoms with E-state index in [1.54, 1.807) is 30.5 Å². The predicted molar refractivity (Wildman–Crippen MR) is 100 cm³/mol. The number of carbonyl (C=O) groups is 1. The molecule has 138 valence electrons. The number of aliphatic hydroxyl groups is 1. The number of hydrogen-bond acceptors (Lipinski definition) is 5. The van der Waals surface area contributed by atoms with Crippen molar-refractivity contribution in [3.05, 3.63) is 53.2 Å². The van der Waals surface area contributed by atoms with Gasteiger partial charge in [0.1, 0.15) is 0 Å². The number of carbonyl (C=O) groups excluding carboxylic acids is 1. The zero-order chi connectivity index (χ0) is 18.4. The third-order valence-electron chi connectivity index (χ3n) is 4.47. The molecular weight excluding hydrogens is 354 g/mol. The molecule has 1 saturated heterocycles. The van der Waals surface area contributed by atoms with E-state index in [0.717, 1.165) is 37.3 Å². The van der Waals surface area contributed by atoms with Crippen LogP contribution in [0.15, 0.2) is 42.6 Å². The smallest absolute Gasteiger partial charge is 0.315 e. The number of urea groups is 1. The van der Waals surface area contributed by atoms with Crippen LogP contribution >= 0.6 is 11.6 Å². The first-order chi connectivity index (χ1) is 12.7. The van der Waals surface area contributed by atoms with Crippen LogP contribution < -0.4 is 15.5 Å². The molecule has 1 aliphatic rings. The fourth-order valence-corrected chi connectivity index (χ4v) is 3.16. The van der Waals surface area contributed by atoms with Gasteiger partial charge >= 0.3 is 6.03 Å². The van der Waals surface area contributed by atoms with Crippen molar-refractivity contribution in [3.63, 3.8) is 0 Å². The Balaban J connectivity index is 1.48. The maximum absolute atomic E-state index is 12.3. The van der Waals surface area contributed by atoms with Gasteiger partial charge in [0.2, 0.25) is 0 Å². The minimum Gasteiger partial charge on any atom is -0.394 e. The first-order valence-electron chi connectivity index (χ1n) is 8.61. The average Bonchev–Trinajstić information content (AvgIpc) is 2.68. The number of piperidine rings is 1. The van der Waals surface area contributed by atoms with Crippen LogP contribution in [0.2, 0.25) is 5.02 Å². The van der Waals surface area contributed by atoms with Crippen molar-refractivity contribution < 1.29 is 9.90 Å². The van der Waals surface area contributed by atoms with Gasteiger partial charge in [-0.1, -0.05) is 23.7 Å². The summed E-state index contributed by atoms with van der Waals surface area (Å²) in [5.41, 5.74) is 0.810. The quantitative estimate of drug-likeness (QED) is 0.744. The molecule has 0 spiro atoms. The summed E-state index contributed by atoms with van der Waals surface area (Å²) in [5, 5.41) is 24.0. The topological polar surface area (TPSA) is 90.4 Å². The molecule has 26 heavy (non-hydrogen) atoms. The second-order valence-corrected chi connectivity index (χ2v) is 6.68. The zero-order valence-electron chi connectivity index (χ0n) is 14.3. The Morgan fingerprint density at radius 2 is 2.00 bits per heavy atom. The van der Waals surface area contributed by atoms with Crippen LogP contribution in [0.25, 0.3) is 0 Å². The van der Waals surface area contributed by atoms with Crippen molar-refractivity contribution in [2.24, 2.45) is 0 Å². The number of nitrogens with zero attached hydrogens (tertiary/aromatic N) is 3. The largest absolute Gasteiger partial charge is 0.394 e. The summed E-state index contributed by atoms with van der Waals surface area (Å²) >= 11 is 5.88. The molecule has 1 fully saturated rings. The van der Waals surface area contributed by atoms with E-state index in [1.165, 1.54) is 0 Å². The van der Waals surface area contributed by atoms with Crippen LogP contribution in [-0.4, -0.2) is 47.1 Å². The Bertz CT molecular complexity index is 705. The summed E-state index contributed by atoms with van der Waals surface area (Å²) in [5.74, 6) is 0.860. The highest BCUT2D eigenvalue weighted by Crippen LogP contribution is 2.18. The molecule has 1 atom stereocenters. The van der Waals surface area contributed by atoms with Crippen LogP contribution in [0.1, 0.15) is 24.4 Å². The normalized spacial score (nSPS) is 16.2. The lowest BCUT2D eigenvalue weighted by Crippen LogP contribution is -2.49. The van der Waals surface area contributed by atoms with E-state index in [1.807, 2.05) is 12.1 Å². The molecule has 1 aromatic heterocycles. The number of halogens is 1. The number of aromatic nitrogens is 2. The minimum atomic E-state index is -0.466. The summed E-state index contributed by atoms with van der Waals surface area (Å²) < 4.78 is 0. The summed E-state index contributed by atoms with van der Waals surface area (Å²) in [6.45, 7) is 1.44. The van der Waals surface area contributed by atoms with Gasteiger partial charge in [-0.15, -0.1) is 5.10 Å². The molecule has 1 aromatic carbocycles. The Labute approximate surface area is 157 Å². The second kappa shape index (κ2) is 8.82. The van der Waals surface area contributed by atoms with Gasteiger partial charge in [-0.2, -0.15) is 5.10 Å². The standard InChI is InChI=1S/C18H22ClN5O2/c19-14-5-3-13(4-6-14)16(12-25)22-18(26)21-15-7-10-24(11-8-15)17-2-1-9-20-23-17/h1-6,9,15-16,25H,7-8,10-12H2,(H2,21,22,26). The van der Waals surface area contributed by atoms with E-state index < -0.39 is 6.04 Å². The number of hydrogen-bond donors (Lipinski definition) is 3. The van der Waals surface area contributed by atoms with Gasteiger partial charge in [-0.25, -0.2) is 4.79 Å². The van der Waals surface area contributed by atoms with Crippen molar-refractivity contribution in [1.82, 2.24) is 20.8 Å². The molecule has 2 heterocycles. The van der Waals surface area contributed by atoms with Crippen LogP contribution in [0.4, 0.5) is 10.6 Å². The molecule has 7 nitrogen and oxygen atoms in total. The van der Waals surface area contributed by atoms with Gasteiger partial charge in [0.05, 0.1) is 12.6 Å². The highest BCUT2D eigenvalue weighted by Gasteiger charge is 2.22. The number of anilines is 1. The van der Waals surface area contributed by atoms with Crippen LogP contribution in [0.3, 0.4) is 0 Å². The number of amides is 2. The van der Waals surface area contributed by atoms with Gasteiger partial charge in [-0.3, -0.25) is 0 Å². The number of rotatable bonds is 5. The highest BCUT2D eigenvalue weighted by molar-refractivity contribution is 6.30. The van der Waals surface area contributed by atoms with Crippen molar-refractivity contribution in [1.29, 1.82) is 0 Å². The molecule has 2 aromatic rings. The monoisotopic (exact) mass is 375 g/mol. The van der Waals surface area contributed by atoms with Crippen molar-refractivity contribution in [3.8, 4) is 0 Å². The Morgan fingerprint density at radius 1 is 1.27 bits per heavy atom. The zero-order valence-corrected chi connectivity index (χ0v) is 15.1. The van der Waals surface area contributed by atoms with E-state index in [0.29, 0.717) is 5.02 Å². The maximum atomic E-state index is 12.3. The Morgan fingerprint density at radius 3 is 2.62 bits per heavy atom. The molecule has 3 rings (SSSR count). The predicted octanol–water partition coefficient (Wildman–Crippen LogP) is 2.13. The van der Waals surface area contributed by atoms with Crippen LogP contribution in [0.5, 0.6) is 0 Å². The lowest BCUT2D eigenvalue weighted by atomic mass is 10.1. The van der Waals surface area contributed by atoms with Gasteiger partial charge in [0.15, 0.2) is 5.82 Å². The molecule has 0 bridgehead atoms. The summed E-state index contributed by atoms with van der Waals surface area (Å²) in [6.07, 6.45) is 3.31. The molecule has 0 aliphatic carbocycles. The summed E-state index contributed by atoms with van der Waals surface area (Å²) in [6, 6.07) is 10.2. The fraction of sp³-hybridized carbons (Fsp3) is 0.389. The molecule has 8 heteroatoms. The van der Waals surface area contributed by atoms with E-state index in [2.05, 4.69) is 25.7 Å². The first-order valence-corrected chi connectivity index (χ1v) is 8.99. The van der Waals surface area contributed by atoms with Gasteiger partial charge in [-0.05, 0) is 42.7 Å². The third-order valence-corrected chi connectivity index (χ3v) is 4.72. The molecule has 1 aliphatic heterocycles. The van der Waals surface area contributed by atoms with Gasteiger partial charge < -0.3 is 20.6 Å². The third kappa shape index (κ3) is 4.83. The fourth-order valence-electron chi connectivity index (χ4n) is 3.03. The average molecular weight is 376 g/mol. The maximum Gasteiger partial charge on any atom is 0.315 e. The molecule has 0 radical (unpaired) electrons.